The number of likely N-dealkylation sites (tertiary alicyclic amines) is 1. The Labute approximate surface area is 177 Å². The second-order valence-corrected chi connectivity index (χ2v) is 9.98. The fourth-order valence-electron chi connectivity index (χ4n) is 3.54. The normalized spacial score (nSPS) is 15.3. The van der Waals surface area contributed by atoms with E-state index in [0.717, 1.165) is 29.7 Å². The molecule has 7 heteroatoms. The Balaban J connectivity index is 1.92. The quantitative estimate of drug-likeness (QED) is 0.675. The zero-order valence-corrected chi connectivity index (χ0v) is 18.8. The van der Waals surface area contributed by atoms with Gasteiger partial charge in [-0.1, -0.05) is 32.0 Å². The summed E-state index contributed by atoms with van der Waals surface area (Å²) in [5.74, 6) is 0.529. The van der Waals surface area contributed by atoms with Gasteiger partial charge < -0.3 is 4.90 Å². The molecule has 156 valence electrons. The van der Waals surface area contributed by atoms with Crippen molar-refractivity contribution in [3.63, 3.8) is 0 Å². The Morgan fingerprint density at radius 2 is 1.86 bits per heavy atom. The molecule has 0 atom stereocenters. The van der Waals surface area contributed by atoms with Gasteiger partial charge in [0.05, 0.1) is 16.1 Å². The van der Waals surface area contributed by atoms with Crippen LogP contribution in [0.1, 0.15) is 42.6 Å². The summed E-state index contributed by atoms with van der Waals surface area (Å²) in [5, 5.41) is 0. The number of thioether (sulfide) groups is 1. The monoisotopic (exact) mass is 432 g/mol. The van der Waals surface area contributed by atoms with Gasteiger partial charge in [0.2, 0.25) is 0 Å². The van der Waals surface area contributed by atoms with Gasteiger partial charge in [0.25, 0.3) is 15.9 Å². The van der Waals surface area contributed by atoms with Crippen molar-refractivity contribution in [2.45, 2.75) is 42.9 Å². The molecule has 0 spiro atoms. The molecule has 2 aromatic carbocycles. The molecule has 0 saturated carbocycles. The van der Waals surface area contributed by atoms with Crippen LogP contribution >= 0.6 is 11.8 Å². The van der Waals surface area contributed by atoms with Gasteiger partial charge in [-0.3, -0.25) is 9.52 Å². The first-order chi connectivity index (χ1) is 13.9. The van der Waals surface area contributed by atoms with Crippen molar-refractivity contribution in [2.24, 2.45) is 5.92 Å². The van der Waals surface area contributed by atoms with Gasteiger partial charge in [-0.05, 0) is 61.3 Å². The highest BCUT2D eigenvalue weighted by Crippen LogP contribution is 2.28. The number of rotatable bonds is 6. The summed E-state index contributed by atoms with van der Waals surface area (Å²) in [4.78, 5) is 15.9. The number of hydrogen-bond donors (Lipinski definition) is 1. The molecule has 0 unspecified atom stereocenters. The lowest BCUT2D eigenvalue weighted by molar-refractivity contribution is 0.0693. The Kier molecular flexibility index (Phi) is 6.90. The molecule has 29 heavy (non-hydrogen) atoms. The average Bonchev–Trinajstić information content (AvgIpc) is 2.73. The van der Waals surface area contributed by atoms with Gasteiger partial charge in [-0.2, -0.15) is 0 Å². The van der Waals surface area contributed by atoms with Crippen LogP contribution in [0.3, 0.4) is 0 Å². The maximum absolute atomic E-state index is 13.1. The predicted molar refractivity (Wildman–Crippen MR) is 119 cm³/mol. The van der Waals surface area contributed by atoms with Gasteiger partial charge in [0.15, 0.2) is 0 Å². The Morgan fingerprint density at radius 1 is 1.17 bits per heavy atom. The Morgan fingerprint density at radius 3 is 2.52 bits per heavy atom. The molecular weight excluding hydrogens is 404 g/mol. The van der Waals surface area contributed by atoms with E-state index in [2.05, 4.69) is 11.6 Å². The van der Waals surface area contributed by atoms with Crippen LogP contribution in [0.2, 0.25) is 0 Å². The summed E-state index contributed by atoms with van der Waals surface area (Å²) in [6, 6.07) is 12.2. The fraction of sp³-hybridized carbons (Fsp3) is 0.409. The minimum Gasteiger partial charge on any atom is -0.339 e. The lowest BCUT2D eigenvalue weighted by atomic mass is 9.98. The van der Waals surface area contributed by atoms with Crippen LogP contribution in [0.25, 0.3) is 0 Å². The van der Waals surface area contributed by atoms with Gasteiger partial charge in [-0.15, -0.1) is 11.8 Å². The lowest BCUT2D eigenvalue weighted by Gasteiger charge is -2.30. The minimum absolute atomic E-state index is 0.0905. The minimum atomic E-state index is -3.80. The lowest BCUT2D eigenvalue weighted by Crippen LogP contribution is -2.38. The highest BCUT2D eigenvalue weighted by Gasteiger charge is 2.25. The van der Waals surface area contributed by atoms with Crippen LogP contribution in [-0.4, -0.2) is 38.6 Å². The van der Waals surface area contributed by atoms with E-state index in [1.54, 1.807) is 24.3 Å². The van der Waals surface area contributed by atoms with Crippen LogP contribution in [-0.2, 0) is 16.4 Å². The topological polar surface area (TPSA) is 66.5 Å². The Hall–Kier alpha value is -1.99. The van der Waals surface area contributed by atoms with Crippen LogP contribution in [0.4, 0.5) is 5.69 Å². The van der Waals surface area contributed by atoms with Crippen LogP contribution in [0.5, 0.6) is 0 Å². The molecule has 1 saturated heterocycles. The third kappa shape index (κ3) is 4.95. The maximum atomic E-state index is 13.1. The van der Waals surface area contributed by atoms with E-state index in [-0.39, 0.29) is 10.8 Å². The molecule has 2 aromatic rings. The third-order valence-electron chi connectivity index (χ3n) is 5.43. The van der Waals surface area contributed by atoms with Gasteiger partial charge in [0.1, 0.15) is 0 Å². The molecule has 0 aromatic heterocycles. The van der Waals surface area contributed by atoms with Crippen molar-refractivity contribution in [1.82, 2.24) is 4.90 Å². The van der Waals surface area contributed by atoms with Crippen molar-refractivity contribution in [3.8, 4) is 0 Å². The molecule has 0 radical (unpaired) electrons. The first-order valence-electron chi connectivity index (χ1n) is 9.93. The number of hydrogen-bond acceptors (Lipinski definition) is 4. The summed E-state index contributed by atoms with van der Waals surface area (Å²) in [7, 11) is -3.80. The zero-order valence-electron chi connectivity index (χ0n) is 17.1. The SMILES string of the molecule is CCc1ccccc1NS(=O)(=O)c1ccc(SC)c(C(=O)N2CCC(C)CC2)c1. The number of amides is 1. The van der Waals surface area contributed by atoms with Crippen molar-refractivity contribution in [2.75, 3.05) is 24.1 Å². The summed E-state index contributed by atoms with van der Waals surface area (Å²) < 4.78 is 28.7. The van der Waals surface area contributed by atoms with Crippen molar-refractivity contribution in [3.05, 3.63) is 53.6 Å². The molecule has 1 amide bonds. The number of sulfonamides is 1. The molecule has 0 aliphatic carbocycles. The molecule has 0 bridgehead atoms. The number of piperidine rings is 1. The summed E-state index contributed by atoms with van der Waals surface area (Å²) in [5.41, 5.74) is 1.95. The molecule has 1 N–H and O–H groups in total. The summed E-state index contributed by atoms with van der Waals surface area (Å²) in [6.45, 7) is 5.61. The van der Waals surface area contributed by atoms with E-state index in [9.17, 15) is 13.2 Å². The van der Waals surface area contributed by atoms with E-state index < -0.39 is 10.0 Å². The second-order valence-electron chi connectivity index (χ2n) is 7.45. The van der Waals surface area contributed by atoms with Crippen molar-refractivity contribution < 1.29 is 13.2 Å². The molecule has 1 fully saturated rings. The number of aryl methyl sites for hydroxylation is 1. The highest BCUT2D eigenvalue weighted by molar-refractivity contribution is 7.98. The van der Waals surface area contributed by atoms with E-state index in [4.69, 9.17) is 0 Å². The van der Waals surface area contributed by atoms with Crippen LogP contribution < -0.4 is 4.72 Å². The maximum Gasteiger partial charge on any atom is 0.261 e. The highest BCUT2D eigenvalue weighted by atomic mass is 32.2. The third-order valence-corrected chi connectivity index (χ3v) is 7.58. The van der Waals surface area contributed by atoms with Gasteiger partial charge in [-0.25, -0.2) is 8.42 Å². The van der Waals surface area contributed by atoms with E-state index >= 15 is 0 Å². The molecule has 1 aliphatic heterocycles. The van der Waals surface area contributed by atoms with Crippen LogP contribution in [0.15, 0.2) is 52.3 Å². The smallest absolute Gasteiger partial charge is 0.261 e. The van der Waals surface area contributed by atoms with Gasteiger partial charge >= 0.3 is 0 Å². The molecular formula is C22H28N2O3S2. The number of anilines is 1. The van der Waals surface area contributed by atoms with Crippen molar-refractivity contribution in [1.29, 1.82) is 0 Å². The number of nitrogens with one attached hydrogen (secondary N) is 1. The number of benzene rings is 2. The standard InChI is InChI=1S/C22H28N2O3S2/c1-4-17-7-5-6-8-20(17)23-29(26,27)18-9-10-21(28-3)19(15-18)22(25)24-13-11-16(2)12-14-24/h5-10,15-16,23H,4,11-14H2,1-3H3. The van der Waals surface area contributed by atoms with E-state index in [1.807, 2.05) is 30.2 Å². The van der Waals surface area contributed by atoms with Crippen molar-refractivity contribution >= 4 is 33.4 Å². The van der Waals surface area contributed by atoms with Crippen LogP contribution in [0, 0.1) is 5.92 Å². The van der Waals surface area contributed by atoms with E-state index in [1.165, 1.54) is 17.8 Å². The number of nitrogens with zero attached hydrogens (tertiary/aromatic N) is 1. The second kappa shape index (κ2) is 9.22. The molecule has 3 rings (SSSR count). The number of carbonyl (C=O) groups excluding carboxylic acids is 1. The number of para-hydroxylation sites is 1. The largest absolute Gasteiger partial charge is 0.339 e. The predicted octanol–water partition coefficient (Wildman–Crippen LogP) is 4.64. The molecule has 1 heterocycles. The summed E-state index contributed by atoms with van der Waals surface area (Å²) >= 11 is 1.45. The first kappa shape index (κ1) is 21.7. The molecule has 5 nitrogen and oxygen atoms in total. The molecule has 1 aliphatic rings. The summed E-state index contributed by atoms with van der Waals surface area (Å²) in [6.07, 6.45) is 4.58. The fourth-order valence-corrected chi connectivity index (χ4v) is 5.23. The number of carbonyl (C=O) groups is 1. The van der Waals surface area contributed by atoms with Gasteiger partial charge in [0, 0.05) is 18.0 Å². The first-order valence-corrected chi connectivity index (χ1v) is 12.6. The zero-order chi connectivity index (χ0) is 21.0. The Bertz CT molecular complexity index is 981. The van der Waals surface area contributed by atoms with E-state index in [0.29, 0.717) is 30.3 Å². The average molecular weight is 433 g/mol.